The largest absolute Gasteiger partial charge is 0.390 e. The molecule has 70 valence electrons. The highest BCUT2D eigenvalue weighted by molar-refractivity contribution is 5.88. The number of carbonyl (C=O) groups is 1. The minimum absolute atomic E-state index is 0.257. The molecule has 1 fully saturated rings. The van der Waals surface area contributed by atoms with Crippen LogP contribution in [0.3, 0.4) is 0 Å². The summed E-state index contributed by atoms with van der Waals surface area (Å²) in [6, 6.07) is 0. The van der Waals surface area contributed by atoms with Crippen LogP contribution in [0.2, 0.25) is 0 Å². The minimum Gasteiger partial charge on any atom is -0.390 e. The summed E-state index contributed by atoms with van der Waals surface area (Å²) in [6.45, 7) is -0.701. The van der Waals surface area contributed by atoms with Gasteiger partial charge in [0, 0.05) is 0 Å². The van der Waals surface area contributed by atoms with Crippen molar-refractivity contribution in [2.24, 2.45) is 0 Å². The van der Waals surface area contributed by atoms with Gasteiger partial charge < -0.3 is 15.3 Å². The molecule has 1 rings (SSSR count). The molecule has 1 aliphatic carbocycles. The minimum atomic E-state index is -1.69. The van der Waals surface area contributed by atoms with E-state index in [2.05, 4.69) is 0 Å². The Kier molecular flexibility index (Phi) is 2.82. The Bertz CT molecular complexity index is 180. The maximum Gasteiger partial charge on any atom is 0.192 e. The average molecular weight is 174 g/mol. The Balaban J connectivity index is 2.72. The Morgan fingerprint density at radius 1 is 1.50 bits per heavy atom. The maximum atomic E-state index is 11.0. The number of hydrogen-bond donors (Lipinski definition) is 3. The summed E-state index contributed by atoms with van der Waals surface area (Å²) >= 11 is 0. The second kappa shape index (κ2) is 3.51. The predicted octanol–water partition coefficient (Wildman–Crippen LogP) is -0.786. The van der Waals surface area contributed by atoms with Gasteiger partial charge in [-0.1, -0.05) is 6.42 Å². The number of hydrogen-bond acceptors (Lipinski definition) is 4. The van der Waals surface area contributed by atoms with Gasteiger partial charge >= 0.3 is 0 Å². The van der Waals surface area contributed by atoms with E-state index in [1.807, 2.05) is 0 Å². The Morgan fingerprint density at radius 3 is 2.67 bits per heavy atom. The Labute approximate surface area is 70.8 Å². The van der Waals surface area contributed by atoms with Crippen molar-refractivity contribution in [1.82, 2.24) is 0 Å². The maximum absolute atomic E-state index is 11.0. The number of ketones is 1. The van der Waals surface area contributed by atoms with Gasteiger partial charge in [0.15, 0.2) is 11.4 Å². The molecule has 2 atom stereocenters. The third-order valence-electron chi connectivity index (χ3n) is 2.46. The third kappa shape index (κ3) is 1.50. The molecule has 0 aromatic carbocycles. The van der Waals surface area contributed by atoms with Crippen molar-refractivity contribution in [2.75, 3.05) is 6.61 Å². The Hall–Kier alpha value is -0.450. The van der Waals surface area contributed by atoms with Gasteiger partial charge in [0.05, 0.1) is 6.10 Å². The molecular formula is C8H14O4. The molecule has 0 spiro atoms. The lowest BCUT2D eigenvalue weighted by molar-refractivity contribution is -0.159. The lowest BCUT2D eigenvalue weighted by Crippen LogP contribution is -2.52. The van der Waals surface area contributed by atoms with Gasteiger partial charge in [0.25, 0.3) is 0 Å². The molecule has 0 bridgehead atoms. The molecule has 0 amide bonds. The van der Waals surface area contributed by atoms with Gasteiger partial charge in [-0.15, -0.1) is 0 Å². The van der Waals surface area contributed by atoms with Crippen molar-refractivity contribution in [3.05, 3.63) is 0 Å². The molecule has 0 aromatic heterocycles. The molecular weight excluding hydrogens is 160 g/mol. The fraction of sp³-hybridized carbons (Fsp3) is 0.875. The monoisotopic (exact) mass is 174 g/mol. The van der Waals surface area contributed by atoms with E-state index in [1.54, 1.807) is 0 Å². The van der Waals surface area contributed by atoms with Crippen molar-refractivity contribution in [1.29, 1.82) is 0 Å². The fourth-order valence-electron chi connectivity index (χ4n) is 1.60. The summed E-state index contributed by atoms with van der Waals surface area (Å²) in [5.74, 6) is -0.672. The highest BCUT2D eigenvalue weighted by atomic mass is 16.4. The number of aliphatic hydroxyl groups is 3. The van der Waals surface area contributed by atoms with Crippen molar-refractivity contribution >= 4 is 5.78 Å². The number of aliphatic hydroxyl groups excluding tert-OH is 2. The zero-order chi connectivity index (χ0) is 9.19. The van der Waals surface area contributed by atoms with Crippen LogP contribution in [0.4, 0.5) is 0 Å². The fourth-order valence-corrected chi connectivity index (χ4v) is 1.60. The molecule has 0 radical (unpaired) electrons. The molecule has 4 nitrogen and oxygen atoms in total. The van der Waals surface area contributed by atoms with Gasteiger partial charge in [-0.05, 0) is 19.3 Å². The smallest absolute Gasteiger partial charge is 0.192 e. The quantitative estimate of drug-likeness (QED) is 0.513. The number of rotatable bonds is 2. The SMILES string of the molecule is O=C(CO)C1(O)CCCCC1O. The topological polar surface area (TPSA) is 77.8 Å². The van der Waals surface area contributed by atoms with Gasteiger partial charge in [-0.25, -0.2) is 0 Å². The lowest BCUT2D eigenvalue weighted by Gasteiger charge is -2.34. The summed E-state index contributed by atoms with van der Waals surface area (Å²) in [5.41, 5.74) is -1.69. The second-order valence-corrected chi connectivity index (χ2v) is 3.27. The first kappa shape index (κ1) is 9.64. The number of carbonyl (C=O) groups excluding carboxylic acids is 1. The van der Waals surface area contributed by atoms with E-state index in [0.717, 1.165) is 12.8 Å². The standard InChI is InChI=1S/C8H14O4/c9-5-7(11)8(12)4-2-1-3-6(8)10/h6,9-10,12H,1-5H2. The molecule has 12 heavy (non-hydrogen) atoms. The molecule has 0 saturated heterocycles. The van der Waals surface area contributed by atoms with Crippen LogP contribution >= 0.6 is 0 Å². The summed E-state index contributed by atoms with van der Waals surface area (Å²) < 4.78 is 0. The van der Waals surface area contributed by atoms with E-state index in [9.17, 15) is 15.0 Å². The van der Waals surface area contributed by atoms with Crippen LogP contribution in [0.15, 0.2) is 0 Å². The van der Waals surface area contributed by atoms with Crippen LogP contribution in [-0.4, -0.2) is 39.4 Å². The normalized spacial score (nSPS) is 36.4. The zero-order valence-corrected chi connectivity index (χ0v) is 6.86. The van der Waals surface area contributed by atoms with Crippen LogP contribution < -0.4 is 0 Å². The first-order chi connectivity index (χ1) is 5.61. The molecule has 0 heterocycles. The third-order valence-corrected chi connectivity index (χ3v) is 2.46. The van der Waals surface area contributed by atoms with E-state index in [-0.39, 0.29) is 6.42 Å². The summed E-state index contributed by atoms with van der Waals surface area (Å²) in [7, 11) is 0. The molecule has 0 aromatic rings. The molecule has 1 saturated carbocycles. The van der Waals surface area contributed by atoms with Crippen molar-refractivity contribution in [3.8, 4) is 0 Å². The van der Waals surface area contributed by atoms with E-state index >= 15 is 0 Å². The van der Waals surface area contributed by atoms with Crippen LogP contribution in [0.5, 0.6) is 0 Å². The summed E-state index contributed by atoms with van der Waals surface area (Å²) in [6.07, 6.45) is 1.22. The van der Waals surface area contributed by atoms with Crippen molar-refractivity contribution in [2.45, 2.75) is 37.4 Å². The van der Waals surface area contributed by atoms with Gasteiger partial charge in [-0.3, -0.25) is 4.79 Å². The van der Waals surface area contributed by atoms with E-state index < -0.39 is 24.1 Å². The molecule has 3 N–H and O–H groups in total. The van der Waals surface area contributed by atoms with Crippen LogP contribution in [-0.2, 0) is 4.79 Å². The highest BCUT2D eigenvalue weighted by Gasteiger charge is 2.43. The lowest BCUT2D eigenvalue weighted by atomic mass is 9.79. The van der Waals surface area contributed by atoms with E-state index in [4.69, 9.17) is 5.11 Å². The van der Waals surface area contributed by atoms with Crippen molar-refractivity contribution < 1.29 is 20.1 Å². The van der Waals surface area contributed by atoms with Gasteiger partial charge in [-0.2, -0.15) is 0 Å². The summed E-state index contributed by atoms with van der Waals surface area (Å²) in [4.78, 5) is 11.0. The number of Topliss-reactive ketones (excluding diaryl/α,β-unsaturated/α-hetero) is 1. The van der Waals surface area contributed by atoms with E-state index in [1.165, 1.54) is 0 Å². The molecule has 1 aliphatic rings. The van der Waals surface area contributed by atoms with E-state index in [0.29, 0.717) is 6.42 Å². The first-order valence-electron chi connectivity index (χ1n) is 4.16. The Morgan fingerprint density at radius 2 is 2.17 bits per heavy atom. The predicted molar refractivity (Wildman–Crippen MR) is 41.5 cm³/mol. The first-order valence-corrected chi connectivity index (χ1v) is 4.16. The van der Waals surface area contributed by atoms with Crippen LogP contribution in [0.25, 0.3) is 0 Å². The average Bonchev–Trinajstić information content (AvgIpc) is 2.09. The molecule has 0 aliphatic heterocycles. The summed E-state index contributed by atoms with van der Waals surface area (Å²) in [5, 5.41) is 27.5. The second-order valence-electron chi connectivity index (χ2n) is 3.27. The van der Waals surface area contributed by atoms with Gasteiger partial charge in [0.2, 0.25) is 0 Å². The zero-order valence-electron chi connectivity index (χ0n) is 6.86. The molecule has 2 unspecified atom stereocenters. The van der Waals surface area contributed by atoms with Gasteiger partial charge in [0.1, 0.15) is 6.61 Å². The molecule has 4 heteroatoms. The van der Waals surface area contributed by atoms with Crippen molar-refractivity contribution in [3.63, 3.8) is 0 Å². The van der Waals surface area contributed by atoms with Crippen LogP contribution in [0.1, 0.15) is 25.7 Å². The van der Waals surface area contributed by atoms with Crippen LogP contribution in [0, 0.1) is 0 Å². The highest BCUT2D eigenvalue weighted by Crippen LogP contribution is 2.29.